The average molecular weight is 182 g/mol. The number of hydrogen-bond donors (Lipinski definition) is 1. The van der Waals surface area contributed by atoms with Gasteiger partial charge in [0.2, 0.25) is 5.91 Å². The van der Waals surface area contributed by atoms with Gasteiger partial charge in [0.15, 0.2) is 0 Å². The van der Waals surface area contributed by atoms with E-state index >= 15 is 0 Å². The molecule has 1 aliphatic carbocycles. The smallest absolute Gasteiger partial charge is 0.224 e. The molecule has 1 rings (SSSR count). The third-order valence-electron chi connectivity index (χ3n) is 2.14. The van der Waals surface area contributed by atoms with Gasteiger partial charge in [-0.15, -0.1) is 23.2 Å². The number of amides is 1. The Hall–Kier alpha value is 0.0500. The van der Waals surface area contributed by atoms with E-state index in [-0.39, 0.29) is 5.41 Å². The molecule has 1 amide bonds. The Labute approximate surface area is 69.7 Å². The van der Waals surface area contributed by atoms with Gasteiger partial charge < -0.3 is 5.73 Å². The van der Waals surface area contributed by atoms with Crippen LogP contribution in [0.1, 0.15) is 13.8 Å². The Bertz CT molecular complexity index is 174. The first-order valence-electron chi connectivity index (χ1n) is 2.99. The summed E-state index contributed by atoms with van der Waals surface area (Å²) in [5.74, 6) is -0.821. The first-order valence-corrected chi connectivity index (χ1v) is 3.74. The molecule has 58 valence electrons. The monoisotopic (exact) mass is 181 g/mol. The zero-order valence-corrected chi connectivity index (χ0v) is 7.33. The summed E-state index contributed by atoms with van der Waals surface area (Å²) in [5.41, 5.74) is 4.68. The predicted molar refractivity (Wildman–Crippen MR) is 40.9 cm³/mol. The highest BCUT2D eigenvalue weighted by Gasteiger charge is 2.73. The number of nitrogens with two attached hydrogens (primary N) is 1. The van der Waals surface area contributed by atoms with Crippen LogP contribution in [0.3, 0.4) is 0 Å². The van der Waals surface area contributed by atoms with E-state index in [2.05, 4.69) is 0 Å². The second-order valence-corrected chi connectivity index (χ2v) is 4.57. The molecule has 0 spiro atoms. The molecule has 0 aromatic heterocycles. The van der Waals surface area contributed by atoms with Gasteiger partial charge in [-0.25, -0.2) is 0 Å². The molecule has 2 nitrogen and oxygen atoms in total. The zero-order chi connectivity index (χ0) is 8.15. The van der Waals surface area contributed by atoms with Crippen molar-refractivity contribution >= 4 is 29.1 Å². The van der Waals surface area contributed by atoms with Crippen molar-refractivity contribution in [2.45, 2.75) is 18.2 Å². The van der Waals surface area contributed by atoms with Gasteiger partial charge in [0.05, 0.1) is 5.92 Å². The number of carbonyl (C=O) groups is 1. The summed E-state index contributed by atoms with van der Waals surface area (Å²) in [6.07, 6.45) is 0. The van der Waals surface area contributed by atoms with E-state index in [1.165, 1.54) is 0 Å². The van der Waals surface area contributed by atoms with E-state index < -0.39 is 16.2 Å². The number of carbonyl (C=O) groups excluding carboxylic acids is 1. The summed E-state index contributed by atoms with van der Waals surface area (Å²) >= 11 is 11.5. The summed E-state index contributed by atoms with van der Waals surface area (Å²) in [5, 5.41) is 0. The molecule has 0 radical (unpaired) electrons. The van der Waals surface area contributed by atoms with Crippen molar-refractivity contribution in [3.63, 3.8) is 0 Å². The molecule has 2 N–H and O–H groups in total. The highest BCUT2D eigenvalue weighted by molar-refractivity contribution is 6.53. The van der Waals surface area contributed by atoms with Crippen LogP contribution in [0.2, 0.25) is 0 Å². The zero-order valence-electron chi connectivity index (χ0n) is 5.82. The van der Waals surface area contributed by atoms with E-state index in [1.54, 1.807) is 0 Å². The summed E-state index contributed by atoms with van der Waals surface area (Å²) in [6, 6.07) is 0. The van der Waals surface area contributed by atoms with Crippen LogP contribution in [0.25, 0.3) is 0 Å². The van der Waals surface area contributed by atoms with Gasteiger partial charge in [0.1, 0.15) is 4.33 Å². The van der Waals surface area contributed by atoms with Gasteiger partial charge >= 0.3 is 0 Å². The molecule has 1 aliphatic rings. The highest BCUT2D eigenvalue weighted by Crippen LogP contribution is 2.68. The van der Waals surface area contributed by atoms with Crippen LogP contribution >= 0.6 is 23.2 Å². The molecule has 0 aliphatic heterocycles. The Morgan fingerprint density at radius 2 is 1.80 bits per heavy atom. The molecular weight excluding hydrogens is 173 g/mol. The number of halogens is 2. The molecule has 1 atom stereocenters. The summed E-state index contributed by atoms with van der Waals surface area (Å²) in [4.78, 5) is 10.6. The lowest BCUT2D eigenvalue weighted by Gasteiger charge is -1.98. The van der Waals surface area contributed by atoms with Gasteiger partial charge in [-0.05, 0) is 0 Å². The van der Waals surface area contributed by atoms with Gasteiger partial charge in [-0.2, -0.15) is 0 Å². The third kappa shape index (κ3) is 0.753. The largest absolute Gasteiger partial charge is 0.369 e. The Balaban J connectivity index is 2.81. The molecule has 4 heteroatoms. The van der Waals surface area contributed by atoms with Gasteiger partial charge in [0, 0.05) is 5.41 Å². The molecule has 0 aromatic rings. The maximum absolute atomic E-state index is 10.6. The lowest BCUT2D eigenvalue weighted by molar-refractivity contribution is -0.119. The van der Waals surface area contributed by atoms with Crippen LogP contribution in [0.15, 0.2) is 0 Å². The lowest BCUT2D eigenvalue weighted by atomic mass is 10.1. The van der Waals surface area contributed by atoms with E-state index in [9.17, 15) is 4.79 Å². The van der Waals surface area contributed by atoms with Crippen LogP contribution in [-0.4, -0.2) is 10.2 Å². The van der Waals surface area contributed by atoms with Crippen molar-refractivity contribution in [3.8, 4) is 0 Å². The fraction of sp³-hybridized carbons (Fsp3) is 0.833. The molecule has 1 fully saturated rings. The minimum absolute atomic E-state index is 0.359. The van der Waals surface area contributed by atoms with E-state index in [0.29, 0.717) is 0 Å². The first-order chi connectivity index (χ1) is 4.32. The Kier molecular flexibility index (Phi) is 1.47. The summed E-state index contributed by atoms with van der Waals surface area (Å²) in [7, 11) is 0. The van der Waals surface area contributed by atoms with Gasteiger partial charge in [-0.1, -0.05) is 13.8 Å². The quantitative estimate of drug-likeness (QED) is 0.610. The fourth-order valence-corrected chi connectivity index (χ4v) is 2.06. The van der Waals surface area contributed by atoms with Crippen LogP contribution in [0.4, 0.5) is 0 Å². The number of hydrogen-bond acceptors (Lipinski definition) is 1. The van der Waals surface area contributed by atoms with Crippen molar-refractivity contribution in [3.05, 3.63) is 0 Å². The van der Waals surface area contributed by atoms with Crippen molar-refractivity contribution in [2.24, 2.45) is 17.1 Å². The van der Waals surface area contributed by atoms with Crippen molar-refractivity contribution in [1.82, 2.24) is 0 Å². The van der Waals surface area contributed by atoms with Crippen molar-refractivity contribution < 1.29 is 4.79 Å². The maximum atomic E-state index is 10.6. The van der Waals surface area contributed by atoms with Crippen molar-refractivity contribution in [1.29, 1.82) is 0 Å². The number of alkyl halides is 2. The lowest BCUT2D eigenvalue weighted by Crippen LogP contribution is -2.17. The molecule has 0 saturated heterocycles. The van der Waals surface area contributed by atoms with Crippen molar-refractivity contribution in [2.75, 3.05) is 0 Å². The maximum Gasteiger partial charge on any atom is 0.224 e. The summed E-state index contributed by atoms with van der Waals surface area (Å²) in [6.45, 7) is 3.64. The highest BCUT2D eigenvalue weighted by atomic mass is 35.5. The molecule has 0 unspecified atom stereocenters. The second-order valence-electron chi connectivity index (χ2n) is 3.18. The van der Waals surface area contributed by atoms with Crippen LogP contribution in [0, 0.1) is 11.3 Å². The number of rotatable bonds is 1. The van der Waals surface area contributed by atoms with Gasteiger partial charge in [-0.3, -0.25) is 4.79 Å². The topological polar surface area (TPSA) is 43.1 Å². The van der Waals surface area contributed by atoms with Crippen LogP contribution < -0.4 is 5.73 Å². The first kappa shape index (κ1) is 8.15. The van der Waals surface area contributed by atoms with E-state index in [1.807, 2.05) is 13.8 Å². The summed E-state index contributed by atoms with van der Waals surface area (Å²) < 4.78 is -0.946. The number of primary amides is 1. The van der Waals surface area contributed by atoms with E-state index in [0.717, 1.165) is 0 Å². The minimum atomic E-state index is -0.946. The van der Waals surface area contributed by atoms with Crippen LogP contribution in [0.5, 0.6) is 0 Å². The molecule has 0 heterocycles. The Morgan fingerprint density at radius 1 is 1.50 bits per heavy atom. The van der Waals surface area contributed by atoms with Crippen LogP contribution in [-0.2, 0) is 4.79 Å². The normalized spacial score (nSPS) is 33.4. The fourth-order valence-electron chi connectivity index (χ4n) is 1.19. The molecule has 0 aromatic carbocycles. The predicted octanol–water partition coefficient (Wildman–Crippen LogP) is 1.30. The molecule has 0 bridgehead atoms. The standard InChI is InChI=1S/C6H9Cl2NO/c1-5(2)3(4(9)10)6(5,7)8/h3H,1-2H3,(H2,9,10)/t3-/m1/s1. The minimum Gasteiger partial charge on any atom is -0.369 e. The third-order valence-corrected chi connectivity index (χ3v) is 3.56. The van der Waals surface area contributed by atoms with Gasteiger partial charge in [0.25, 0.3) is 0 Å². The Morgan fingerprint density at radius 3 is 1.80 bits per heavy atom. The molecular formula is C6H9Cl2NO. The SMILES string of the molecule is CC1(C)[C@@H](C(N)=O)C1(Cl)Cl. The van der Waals surface area contributed by atoms with E-state index in [4.69, 9.17) is 28.9 Å². The molecule has 1 saturated carbocycles. The molecule has 10 heavy (non-hydrogen) atoms. The average Bonchev–Trinajstić information content (AvgIpc) is 1.97. The second kappa shape index (κ2) is 1.80.